The molecular formula is C16H14BrN3O5. The second kappa shape index (κ2) is 8.25. The predicted molar refractivity (Wildman–Crippen MR) is 94.9 cm³/mol. The highest BCUT2D eigenvalue weighted by molar-refractivity contribution is 9.10. The van der Waals surface area contributed by atoms with E-state index in [-0.39, 0.29) is 17.2 Å². The summed E-state index contributed by atoms with van der Waals surface area (Å²) in [6.45, 7) is 1.28. The Kier molecular flexibility index (Phi) is 6.07. The van der Waals surface area contributed by atoms with Gasteiger partial charge < -0.3 is 9.84 Å². The lowest BCUT2D eigenvalue weighted by atomic mass is 10.2. The number of carbonyl (C=O) groups excluding carboxylic acids is 1. The van der Waals surface area contributed by atoms with E-state index in [1.54, 1.807) is 25.1 Å². The Morgan fingerprint density at radius 3 is 2.88 bits per heavy atom. The number of amides is 1. The van der Waals surface area contributed by atoms with Gasteiger partial charge in [-0.15, -0.1) is 0 Å². The SMILES string of the molecule is Cc1ccc(OCC(=O)NN=Cc2cc(Br)ccc2O)c([N+](=O)[O-])c1. The van der Waals surface area contributed by atoms with Crippen LogP contribution in [0.15, 0.2) is 46.0 Å². The average Bonchev–Trinajstić information content (AvgIpc) is 2.56. The number of halogens is 1. The van der Waals surface area contributed by atoms with E-state index < -0.39 is 17.4 Å². The number of hydrogen-bond donors (Lipinski definition) is 2. The van der Waals surface area contributed by atoms with Crippen molar-refractivity contribution in [2.75, 3.05) is 6.61 Å². The molecule has 2 rings (SSSR count). The van der Waals surface area contributed by atoms with Crippen molar-refractivity contribution in [3.05, 3.63) is 62.1 Å². The van der Waals surface area contributed by atoms with Crippen LogP contribution in [0, 0.1) is 17.0 Å². The second-order valence-electron chi connectivity index (χ2n) is 5.01. The number of nitrogens with zero attached hydrogens (tertiary/aromatic N) is 2. The van der Waals surface area contributed by atoms with Gasteiger partial charge in [0.1, 0.15) is 5.75 Å². The Bertz CT molecular complexity index is 839. The summed E-state index contributed by atoms with van der Waals surface area (Å²) >= 11 is 3.26. The number of phenolic OH excluding ortho intramolecular Hbond substituents is 1. The highest BCUT2D eigenvalue weighted by atomic mass is 79.9. The molecule has 0 saturated carbocycles. The minimum atomic E-state index is -0.597. The molecule has 2 N–H and O–H groups in total. The minimum Gasteiger partial charge on any atom is -0.507 e. The first kappa shape index (κ1) is 18.4. The van der Waals surface area contributed by atoms with Gasteiger partial charge in [0.15, 0.2) is 12.4 Å². The first-order valence-electron chi connectivity index (χ1n) is 7.05. The molecule has 130 valence electrons. The first-order valence-corrected chi connectivity index (χ1v) is 7.84. The summed E-state index contributed by atoms with van der Waals surface area (Å²) in [5, 5.41) is 24.3. The van der Waals surface area contributed by atoms with E-state index in [0.717, 1.165) is 4.47 Å². The predicted octanol–water partition coefficient (Wildman–Crippen LogP) is 2.90. The summed E-state index contributed by atoms with van der Waals surface area (Å²) in [6.07, 6.45) is 1.27. The molecule has 2 aromatic carbocycles. The van der Waals surface area contributed by atoms with E-state index in [2.05, 4.69) is 26.5 Å². The molecule has 9 heteroatoms. The third kappa shape index (κ3) is 5.28. The van der Waals surface area contributed by atoms with Crippen LogP contribution in [0.4, 0.5) is 5.69 Å². The van der Waals surface area contributed by atoms with E-state index in [9.17, 15) is 20.0 Å². The molecule has 0 bridgehead atoms. The summed E-state index contributed by atoms with van der Waals surface area (Å²) in [5.74, 6) is -0.590. The van der Waals surface area contributed by atoms with Gasteiger partial charge in [-0.1, -0.05) is 22.0 Å². The van der Waals surface area contributed by atoms with Crippen LogP contribution in [-0.2, 0) is 4.79 Å². The lowest BCUT2D eigenvalue weighted by molar-refractivity contribution is -0.385. The topological polar surface area (TPSA) is 114 Å². The molecule has 1 amide bonds. The molecule has 0 heterocycles. The number of hydrogen-bond acceptors (Lipinski definition) is 6. The van der Waals surface area contributed by atoms with Gasteiger partial charge in [0.25, 0.3) is 5.91 Å². The van der Waals surface area contributed by atoms with Gasteiger partial charge in [-0.25, -0.2) is 5.43 Å². The number of aromatic hydroxyl groups is 1. The molecular weight excluding hydrogens is 394 g/mol. The Balaban J connectivity index is 1.94. The van der Waals surface area contributed by atoms with Crippen LogP contribution in [0.1, 0.15) is 11.1 Å². The zero-order chi connectivity index (χ0) is 18.4. The minimum absolute atomic E-state index is 0.000589. The van der Waals surface area contributed by atoms with Crippen LogP contribution in [0.3, 0.4) is 0 Å². The number of aryl methyl sites for hydroxylation is 1. The molecule has 0 aliphatic rings. The molecule has 8 nitrogen and oxygen atoms in total. The summed E-state index contributed by atoms with van der Waals surface area (Å²) < 4.78 is 5.92. The molecule has 0 fully saturated rings. The molecule has 0 aliphatic carbocycles. The van der Waals surface area contributed by atoms with Gasteiger partial charge in [-0.05, 0) is 36.8 Å². The van der Waals surface area contributed by atoms with Gasteiger partial charge >= 0.3 is 5.69 Å². The van der Waals surface area contributed by atoms with Gasteiger partial charge in [-0.3, -0.25) is 14.9 Å². The van der Waals surface area contributed by atoms with Crippen molar-refractivity contribution in [2.45, 2.75) is 6.92 Å². The number of ether oxygens (including phenoxy) is 1. The standard InChI is InChI=1S/C16H14BrN3O5/c1-10-2-5-15(13(6-10)20(23)24)25-9-16(22)19-18-8-11-7-12(17)3-4-14(11)21/h2-8,21H,9H2,1H3,(H,19,22). The van der Waals surface area contributed by atoms with Crippen LogP contribution >= 0.6 is 15.9 Å². The van der Waals surface area contributed by atoms with Gasteiger partial charge in [0.2, 0.25) is 0 Å². The van der Waals surface area contributed by atoms with Crippen molar-refractivity contribution in [1.29, 1.82) is 0 Å². The van der Waals surface area contributed by atoms with E-state index in [1.807, 2.05) is 0 Å². The zero-order valence-corrected chi connectivity index (χ0v) is 14.7. The Labute approximate surface area is 151 Å². The first-order chi connectivity index (χ1) is 11.9. The summed E-state index contributed by atoms with van der Waals surface area (Å²) in [5.41, 5.74) is 3.12. The van der Waals surface area contributed by atoms with Crippen molar-refractivity contribution in [1.82, 2.24) is 5.43 Å². The van der Waals surface area contributed by atoms with E-state index in [0.29, 0.717) is 11.1 Å². The lowest BCUT2D eigenvalue weighted by Crippen LogP contribution is -2.24. The molecule has 0 unspecified atom stereocenters. The number of benzene rings is 2. The van der Waals surface area contributed by atoms with Crippen LogP contribution < -0.4 is 10.2 Å². The normalized spacial score (nSPS) is 10.6. The monoisotopic (exact) mass is 407 g/mol. The van der Waals surface area contributed by atoms with Crippen LogP contribution in [0.5, 0.6) is 11.5 Å². The molecule has 25 heavy (non-hydrogen) atoms. The molecule has 0 saturated heterocycles. The van der Waals surface area contributed by atoms with Crippen LogP contribution in [-0.4, -0.2) is 28.8 Å². The third-order valence-corrected chi connectivity index (χ3v) is 3.55. The van der Waals surface area contributed by atoms with E-state index in [4.69, 9.17) is 4.74 Å². The Hall–Kier alpha value is -2.94. The number of nitro groups is 1. The number of nitrogens with one attached hydrogen (secondary N) is 1. The zero-order valence-electron chi connectivity index (χ0n) is 13.1. The van der Waals surface area contributed by atoms with Crippen LogP contribution in [0.25, 0.3) is 0 Å². The molecule has 0 radical (unpaired) electrons. The van der Waals surface area contributed by atoms with Crippen molar-refractivity contribution >= 4 is 33.7 Å². The van der Waals surface area contributed by atoms with Crippen molar-refractivity contribution in [3.8, 4) is 11.5 Å². The smallest absolute Gasteiger partial charge is 0.311 e. The fourth-order valence-corrected chi connectivity index (χ4v) is 2.25. The van der Waals surface area contributed by atoms with Gasteiger partial charge in [0, 0.05) is 16.1 Å². The molecule has 0 spiro atoms. The molecule has 0 aromatic heterocycles. The van der Waals surface area contributed by atoms with Crippen molar-refractivity contribution in [3.63, 3.8) is 0 Å². The molecule has 2 aromatic rings. The second-order valence-corrected chi connectivity index (χ2v) is 5.93. The fourth-order valence-electron chi connectivity index (χ4n) is 1.87. The van der Waals surface area contributed by atoms with Gasteiger partial charge in [-0.2, -0.15) is 5.10 Å². The molecule has 0 aliphatic heterocycles. The fraction of sp³-hybridized carbons (Fsp3) is 0.125. The summed E-state index contributed by atoms with van der Waals surface area (Å²) in [6, 6.07) is 9.21. The number of rotatable bonds is 6. The number of carbonyl (C=O) groups is 1. The lowest BCUT2D eigenvalue weighted by Gasteiger charge is -2.06. The van der Waals surface area contributed by atoms with Crippen molar-refractivity contribution in [2.24, 2.45) is 5.10 Å². The number of phenols is 1. The van der Waals surface area contributed by atoms with Crippen molar-refractivity contribution < 1.29 is 19.6 Å². The Morgan fingerprint density at radius 1 is 1.40 bits per heavy atom. The highest BCUT2D eigenvalue weighted by Crippen LogP contribution is 2.27. The maximum atomic E-state index is 11.7. The molecule has 0 atom stereocenters. The summed E-state index contributed by atoms with van der Waals surface area (Å²) in [7, 11) is 0. The van der Waals surface area contributed by atoms with Crippen LogP contribution in [0.2, 0.25) is 0 Å². The summed E-state index contributed by atoms with van der Waals surface area (Å²) in [4.78, 5) is 22.1. The largest absolute Gasteiger partial charge is 0.507 e. The average molecular weight is 408 g/mol. The third-order valence-electron chi connectivity index (χ3n) is 3.05. The maximum absolute atomic E-state index is 11.7. The van der Waals surface area contributed by atoms with E-state index in [1.165, 1.54) is 24.4 Å². The maximum Gasteiger partial charge on any atom is 0.311 e. The Morgan fingerprint density at radius 2 is 2.16 bits per heavy atom. The number of nitro benzene ring substituents is 1. The van der Waals surface area contributed by atoms with Gasteiger partial charge in [0.05, 0.1) is 11.1 Å². The number of hydrazone groups is 1. The van der Waals surface area contributed by atoms with E-state index >= 15 is 0 Å². The highest BCUT2D eigenvalue weighted by Gasteiger charge is 2.16. The quantitative estimate of drug-likeness (QED) is 0.434.